The highest BCUT2D eigenvalue weighted by atomic mass is 17.1. The molecule has 0 aromatic heterocycles. The number of ether oxygens (including phenoxy) is 3. The molecule has 2 unspecified atom stereocenters. The fraction of sp³-hybridized carbons (Fsp3) is 0.772. The molecule has 0 aromatic rings. The summed E-state index contributed by atoms with van der Waals surface area (Å²) < 4.78 is 16.6. The van der Waals surface area contributed by atoms with E-state index in [2.05, 4.69) is 62.1 Å². The maximum absolute atomic E-state index is 12.8. The van der Waals surface area contributed by atoms with Crippen LogP contribution in [-0.4, -0.2) is 48.6 Å². The Morgan fingerprint density at radius 2 is 0.815 bits per heavy atom. The Morgan fingerprint density at radius 3 is 1.35 bits per heavy atom. The predicted molar refractivity (Wildman–Crippen MR) is 273 cm³/mol. The minimum absolute atomic E-state index is 0.0540. The molecule has 0 aliphatic heterocycles. The summed E-state index contributed by atoms with van der Waals surface area (Å²) in [6.45, 7) is 6.37. The van der Waals surface area contributed by atoms with E-state index in [1.165, 1.54) is 102 Å². The van der Waals surface area contributed by atoms with Crippen molar-refractivity contribution in [3.8, 4) is 0 Å². The van der Waals surface area contributed by atoms with Gasteiger partial charge in [-0.2, -0.15) is 0 Å². The van der Waals surface area contributed by atoms with Crippen molar-refractivity contribution in [2.24, 2.45) is 0 Å². The molecule has 0 spiro atoms. The second-order valence-electron chi connectivity index (χ2n) is 18.1. The van der Waals surface area contributed by atoms with Crippen LogP contribution in [0, 0.1) is 0 Å². The molecule has 65 heavy (non-hydrogen) atoms. The average Bonchev–Trinajstić information content (AvgIpc) is 3.31. The van der Waals surface area contributed by atoms with Crippen LogP contribution in [0.25, 0.3) is 0 Å². The molecule has 0 radical (unpaired) electrons. The standard InChI is InChI=1S/C57H100O8/c1-4-7-10-13-15-17-19-21-23-25-27-29-34-38-43-48-55(58)62-51-54(64-57(60)50-45-40-36-30-28-26-24-22-20-18-16-14-11-8-5-2)52-63-56(59)49-44-39-35-32-31-33-37-42-47-53(65-61)46-41-12-9-6-3/h16,18,21-24,35,39,44,49,53-54,61H,4-15,17,19-20,25-34,36-38,40-43,45-48,50-52H2,1-3H3/b18-16-,23-21-,24-22-,39-35?,49-44?. The van der Waals surface area contributed by atoms with Crippen LogP contribution < -0.4 is 0 Å². The lowest BCUT2D eigenvalue weighted by Gasteiger charge is -2.18. The number of esters is 3. The molecule has 0 aliphatic carbocycles. The molecular formula is C57H100O8. The fourth-order valence-electron chi connectivity index (χ4n) is 7.61. The Bertz CT molecular complexity index is 1200. The van der Waals surface area contributed by atoms with E-state index in [1.54, 1.807) is 6.08 Å². The van der Waals surface area contributed by atoms with Crippen LogP contribution in [0.15, 0.2) is 60.8 Å². The summed E-state index contributed by atoms with van der Waals surface area (Å²) in [5.74, 6) is -1.23. The molecule has 0 aromatic carbocycles. The van der Waals surface area contributed by atoms with Gasteiger partial charge in [-0.05, 0) is 96.3 Å². The van der Waals surface area contributed by atoms with Gasteiger partial charge < -0.3 is 14.2 Å². The summed E-state index contributed by atoms with van der Waals surface area (Å²) in [5.41, 5.74) is 0. The number of carbonyl (C=O) groups excluding carboxylic acids is 3. The van der Waals surface area contributed by atoms with E-state index in [4.69, 9.17) is 14.2 Å². The van der Waals surface area contributed by atoms with Crippen molar-refractivity contribution in [2.75, 3.05) is 13.2 Å². The summed E-state index contributed by atoms with van der Waals surface area (Å²) in [7, 11) is 0. The van der Waals surface area contributed by atoms with Crippen LogP contribution in [0.5, 0.6) is 0 Å². The third-order valence-electron chi connectivity index (χ3n) is 11.8. The molecule has 0 rings (SSSR count). The first kappa shape index (κ1) is 62.0. The zero-order chi connectivity index (χ0) is 47.4. The summed E-state index contributed by atoms with van der Waals surface area (Å²) >= 11 is 0. The molecule has 2 atom stereocenters. The SMILES string of the molecule is CCCCC/C=C\C/C=C\CCCCCCCC(=O)OC(COC(=O)C=CC=CCCCCCCC(CCCCCC)OO)COC(=O)CCCCCCC/C=C\CCCCCCCC. The van der Waals surface area contributed by atoms with E-state index in [9.17, 15) is 19.6 Å². The van der Waals surface area contributed by atoms with Gasteiger partial charge in [0.25, 0.3) is 0 Å². The topological polar surface area (TPSA) is 108 Å². The molecule has 0 amide bonds. The highest BCUT2D eigenvalue weighted by Crippen LogP contribution is 2.16. The number of carbonyl (C=O) groups is 3. The lowest BCUT2D eigenvalue weighted by molar-refractivity contribution is -0.281. The largest absolute Gasteiger partial charge is 0.462 e. The fourth-order valence-corrected chi connectivity index (χ4v) is 7.61. The van der Waals surface area contributed by atoms with Crippen molar-refractivity contribution in [1.29, 1.82) is 0 Å². The van der Waals surface area contributed by atoms with Gasteiger partial charge in [0, 0.05) is 18.9 Å². The maximum atomic E-state index is 12.8. The second-order valence-corrected chi connectivity index (χ2v) is 18.1. The first-order valence-electron chi connectivity index (χ1n) is 27.1. The van der Waals surface area contributed by atoms with Gasteiger partial charge in [-0.3, -0.25) is 14.8 Å². The molecule has 0 saturated carbocycles. The number of rotatable bonds is 49. The van der Waals surface area contributed by atoms with Crippen molar-refractivity contribution >= 4 is 17.9 Å². The lowest BCUT2D eigenvalue weighted by Crippen LogP contribution is -2.30. The molecular weight excluding hydrogens is 813 g/mol. The molecule has 0 aliphatic rings. The number of allylic oxidation sites excluding steroid dienone is 9. The Hall–Kier alpha value is -2.97. The lowest BCUT2D eigenvalue weighted by atomic mass is 10.0. The zero-order valence-electron chi connectivity index (χ0n) is 42.3. The van der Waals surface area contributed by atoms with Crippen molar-refractivity contribution in [3.63, 3.8) is 0 Å². The van der Waals surface area contributed by atoms with Crippen LogP contribution in [0.3, 0.4) is 0 Å². The minimum atomic E-state index is -0.855. The van der Waals surface area contributed by atoms with Gasteiger partial charge in [-0.25, -0.2) is 9.68 Å². The normalized spacial score (nSPS) is 13.0. The summed E-state index contributed by atoms with van der Waals surface area (Å²) in [4.78, 5) is 42.6. The summed E-state index contributed by atoms with van der Waals surface area (Å²) in [6, 6.07) is 0. The molecule has 0 saturated heterocycles. The van der Waals surface area contributed by atoms with Gasteiger partial charge in [-0.1, -0.05) is 204 Å². The maximum Gasteiger partial charge on any atom is 0.330 e. The van der Waals surface area contributed by atoms with Gasteiger partial charge in [0.05, 0.1) is 6.10 Å². The third kappa shape index (κ3) is 48.8. The van der Waals surface area contributed by atoms with E-state index in [0.717, 1.165) is 128 Å². The highest BCUT2D eigenvalue weighted by molar-refractivity contribution is 5.82. The molecule has 1 N–H and O–H groups in total. The van der Waals surface area contributed by atoms with E-state index < -0.39 is 12.1 Å². The highest BCUT2D eigenvalue weighted by Gasteiger charge is 2.19. The van der Waals surface area contributed by atoms with Gasteiger partial charge in [0.2, 0.25) is 0 Å². The average molecular weight is 913 g/mol. The van der Waals surface area contributed by atoms with E-state index >= 15 is 0 Å². The minimum Gasteiger partial charge on any atom is -0.462 e. The third-order valence-corrected chi connectivity index (χ3v) is 11.8. The van der Waals surface area contributed by atoms with E-state index in [-0.39, 0.29) is 37.7 Å². The molecule has 0 heterocycles. The Labute approximate surface area is 399 Å². The number of hydrogen-bond acceptors (Lipinski definition) is 8. The zero-order valence-corrected chi connectivity index (χ0v) is 42.3. The Balaban J connectivity index is 4.57. The first-order chi connectivity index (χ1) is 32.0. The van der Waals surface area contributed by atoms with Crippen molar-refractivity contribution < 1.29 is 38.7 Å². The van der Waals surface area contributed by atoms with Gasteiger partial charge >= 0.3 is 17.9 Å². The number of unbranched alkanes of at least 4 members (excludes halogenated alkanes) is 26. The molecule has 8 nitrogen and oxygen atoms in total. The Morgan fingerprint density at radius 1 is 0.415 bits per heavy atom. The first-order valence-corrected chi connectivity index (χ1v) is 27.1. The molecule has 0 fully saturated rings. The predicted octanol–water partition coefficient (Wildman–Crippen LogP) is 17.1. The quantitative estimate of drug-likeness (QED) is 0.00940. The van der Waals surface area contributed by atoms with Crippen LogP contribution in [0.4, 0.5) is 0 Å². The molecule has 376 valence electrons. The molecule has 8 heteroatoms. The monoisotopic (exact) mass is 913 g/mol. The summed E-state index contributed by atoms with van der Waals surface area (Å²) in [5, 5.41) is 9.18. The van der Waals surface area contributed by atoms with Crippen molar-refractivity contribution in [2.45, 2.75) is 271 Å². The number of hydrogen-bond donors (Lipinski definition) is 1. The smallest absolute Gasteiger partial charge is 0.330 e. The van der Waals surface area contributed by atoms with Gasteiger partial charge in [-0.15, -0.1) is 0 Å². The van der Waals surface area contributed by atoms with E-state index in [1.807, 2.05) is 12.2 Å². The van der Waals surface area contributed by atoms with E-state index in [0.29, 0.717) is 6.42 Å². The molecule has 0 bridgehead atoms. The van der Waals surface area contributed by atoms with Crippen LogP contribution in [-0.2, 0) is 33.5 Å². The van der Waals surface area contributed by atoms with Crippen LogP contribution in [0.1, 0.15) is 258 Å². The second kappa shape index (κ2) is 52.0. The van der Waals surface area contributed by atoms with Crippen LogP contribution in [0.2, 0.25) is 0 Å². The summed E-state index contributed by atoms with van der Waals surface area (Å²) in [6.07, 6.45) is 59.6. The Kier molecular flexibility index (Phi) is 49.6. The van der Waals surface area contributed by atoms with Crippen molar-refractivity contribution in [3.05, 3.63) is 60.8 Å². The van der Waals surface area contributed by atoms with Crippen molar-refractivity contribution in [1.82, 2.24) is 0 Å². The van der Waals surface area contributed by atoms with Gasteiger partial charge in [0.1, 0.15) is 13.2 Å². The van der Waals surface area contributed by atoms with Gasteiger partial charge in [0.15, 0.2) is 6.10 Å². The van der Waals surface area contributed by atoms with Crippen LogP contribution >= 0.6 is 0 Å².